The lowest BCUT2D eigenvalue weighted by molar-refractivity contribution is 0.0688. The number of methoxy groups -OCH3 is 1. The average molecular weight is 265 g/mol. The molecule has 104 valence electrons. The van der Waals surface area contributed by atoms with Crippen LogP contribution >= 0.6 is 0 Å². The molecule has 0 amide bonds. The Morgan fingerprint density at radius 1 is 1.32 bits per heavy atom. The van der Waals surface area contributed by atoms with E-state index in [1.807, 2.05) is 19.0 Å². The molecule has 0 saturated heterocycles. The monoisotopic (exact) mass is 265 g/mol. The van der Waals surface area contributed by atoms with Crippen LogP contribution in [0.1, 0.15) is 36.0 Å². The smallest absolute Gasteiger partial charge is 0.185 e. The molecule has 19 heavy (non-hydrogen) atoms. The Bertz CT molecular complexity index is 479. The van der Waals surface area contributed by atoms with Gasteiger partial charge in [0.1, 0.15) is 11.6 Å². The summed E-state index contributed by atoms with van der Waals surface area (Å²) in [5.74, 6) is -0.188. The van der Waals surface area contributed by atoms with E-state index in [9.17, 15) is 9.18 Å². The van der Waals surface area contributed by atoms with Crippen molar-refractivity contribution in [1.29, 1.82) is 0 Å². The Morgan fingerprint density at radius 2 is 1.95 bits per heavy atom. The highest BCUT2D eigenvalue weighted by molar-refractivity contribution is 6.03. The second kappa shape index (κ2) is 5.29. The maximum atomic E-state index is 14.1. The van der Waals surface area contributed by atoms with Gasteiger partial charge in [-0.3, -0.25) is 9.69 Å². The fourth-order valence-electron chi connectivity index (χ4n) is 2.89. The summed E-state index contributed by atoms with van der Waals surface area (Å²) in [6.07, 6.45) is 3.62. The number of Topliss-reactive ketones (excluding diaryl/α,β-unsaturated/α-hetero) is 1. The van der Waals surface area contributed by atoms with Crippen LogP contribution in [-0.4, -0.2) is 37.4 Å². The Kier molecular flexibility index (Phi) is 3.90. The lowest BCUT2D eigenvalue weighted by atomic mass is 9.86. The molecule has 1 aromatic rings. The van der Waals surface area contributed by atoms with Crippen LogP contribution in [0.5, 0.6) is 5.75 Å². The zero-order valence-electron chi connectivity index (χ0n) is 11.7. The standard InChI is InChI=1S/C15H20FNO2/c1-17(2)15(8-4-5-9-15)14(18)12-7-6-11(19-3)10-13(12)16/h6-7,10H,4-5,8-9H2,1-3H3. The molecule has 0 heterocycles. The van der Waals surface area contributed by atoms with Gasteiger partial charge in [0.15, 0.2) is 5.78 Å². The Morgan fingerprint density at radius 3 is 2.42 bits per heavy atom. The zero-order valence-corrected chi connectivity index (χ0v) is 11.7. The molecule has 1 aromatic carbocycles. The van der Waals surface area contributed by atoms with E-state index in [2.05, 4.69) is 0 Å². The van der Waals surface area contributed by atoms with Crippen LogP contribution in [0, 0.1) is 5.82 Å². The van der Waals surface area contributed by atoms with Crippen LogP contribution in [0.25, 0.3) is 0 Å². The minimum absolute atomic E-state index is 0.116. The van der Waals surface area contributed by atoms with E-state index in [0.717, 1.165) is 25.7 Å². The van der Waals surface area contributed by atoms with Crippen molar-refractivity contribution in [2.45, 2.75) is 31.2 Å². The molecule has 1 aliphatic rings. The third-order valence-electron chi connectivity index (χ3n) is 4.13. The molecular weight excluding hydrogens is 245 g/mol. The first-order chi connectivity index (χ1) is 9.01. The number of likely N-dealkylation sites (N-methyl/N-ethyl adjacent to an activating group) is 1. The summed E-state index contributed by atoms with van der Waals surface area (Å²) in [5.41, 5.74) is -0.383. The highest BCUT2D eigenvalue weighted by atomic mass is 19.1. The number of carbonyl (C=O) groups is 1. The predicted molar refractivity (Wildman–Crippen MR) is 72.2 cm³/mol. The van der Waals surface area contributed by atoms with Gasteiger partial charge in [-0.2, -0.15) is 0 Å². The van der Waals surface area contributed by atoms with E-state index in [0.29, 0.717) is 5.75 Å². The molecule has 0 aliphatic heterocycles. The van der Waals surface area contributed by atoms with Crippen molar-refractivity contribution in [1.82, 2.24) is 4.90 Å². The fraction of sp³-hybridized carbons (Fsp3) is 0.533. The molecule has 0 N–H and O–H groups in total. The van der Waals surface area contributed by atoms with Crippen molar-refractivity contribution < 1.29 is 13.9 Å². The molecule has 1 saturated carbocycles. The summed E-state index contributed by atoms with van der Waals surface area (Å²) in [4.78, 5) is 14.6. The molecule has 1 aliphatic carbocycles. The largest absolute Gasteiger partial charge is 0.497 e. The Labute approximate surface area is 113 Å². The molecule has 0 spiro atoms. The van der Waals surface area contributed by atoms with Crippen molar-refractivity contribution in [3.63, 3.8) is 0 Å². The van der Waals surface area contributed by atoms with E-state index in [1.54, 1.807) is 6.07 Å². The minimum Gasteiger partial charge on any atom is -0.497 e. The first-order valence-electron chi connectivity index (χ1n) is 6.57. The third-order valence-corrected chi connectivity index (χ3v) is 4.13. The van der Waals surface area contributed by atoms with E-state index in [1.165, 1.54) is 19.2 Å². The lowest BCUT2D eigenvalue weighted by Crippen LogP contribution is -2.49. The molecule has 0 bridgehead atoms. The molecule has 0 unspecified atom stereocenters. The van der Waals surface area contributed by atoms with Gasteiger partial charge in [-0.05, 0) is 39.1 Å². The number of ether oxygens (including phenoxy) is 1. The summed E-state index contributed by atoms with van der Waals surface area (Å²) in [6, 6.07) is 4.43. The quantitative estimate of drug-likeness (QED) is 0.784. The number of halogens is 1. The predicted octanol–water partition coefficient (Wildman–Crippen LogP) is 2.89. The first kappa shape index (κ1) is 14.0. The van der Waals surface area contributed by atoms with Crippen LogP contribution in [0.15, 0.2) is 18.2 Å². The maximum Gasteiger partial charge on any atom is 0.185 e. The van der Waals surface area contributed by atoms with Crippen LogP contribution < -0.4 is 4.74 Å². The minimum atomic E-state index is -0.546. The van der Waals surface area contributed by atoms with Gasteiger partial charge in [-0.15, -0.1) is 0 Å². The number of carbonyl (C=O) groups excluding carboxylic acids is 1. The first-order valence-corrected chi connectivity index (χ1v) is 6.57. The van der Waals surface area contributed by atoms with Crippen LogP contribution in [0.3, 0.4) is 0 Å². The van der Waals surface area contributed by atoms with E-state index in [4.69, 9.17) is 4.74 Å². The summed E-state index contributed by atoms with van der Waals surface area (Å²) < 4.78 is 19.0. The van der Waals surface area contributed by atoms with Gasteiger partial charge in [0.2, 0.25) is 0 Å². The topological polar surface area (TPSA) is 29.5 Å². The van der Waals surface area contributed by atoms with Crippen molar-refractivity contribution in [2.24, 2.45) is 0 Å². The number of ketones is 1. The molecular formula is C15H20FNO2. The summed E-state index contributed by atoms with van der Waals surface area (Å²) in [7, 11) is 5.27. The Hall–Kier alpha value is -1.42. The normalized spacial score (nSPS) is 17.7. The maximum absolute atomic E-state index is 14.1. The fourth-order valence-corrected chi connectivity index (χ4v) is 2.89. The van der Waals surface area contributed by atoms with Gasteiger partial charge in [-0.25, -0.2) is 4.39 Å². The number of rotatable bonds is 4. The number of benzene rings is 1. The van der Waals surface area contributed by atoms with Gasteiger partial charge >= 0.3 is 0 Å². The van der Waals surface area contributed by atoms with Gasteiger partial charge in [-0.1, -0.05) is 12.8 Å². The molecule has 4 heteroatoms. The molecule has 0 aromatic heterocycles. The molecule has 2 rings (SSSR count). The molecule has 1 fully saturated rings. The van der Waals surface area contributed by atoms with Crippen molar-refractivity contribution in [3.05, 3.63) is 29.6 Å². The third kappa shape index (κ3) is 2.37. The number of hydrogen-bond acceptors (Lipinski definition) is 3. The summed E-state index contributed by atoms with van der Waals surface area (Å²) in [5, 5.41) is 0. The van der Waals surface area contributed by atoms with Gasteiger partial charge in [0.05, 0.1) is 18.2 Å². The van der Waals surface area contributed by atoms with E-state index < -0.39 is 11.4 Å². The highest BCUT2D eigenvalue weighted by Gasteiger charge is 2.44. The van der Waals surface area contributed by atoms with Crippen molar-refractivity contribution in [3.8, 4) is 5.75 Å². The van der Waals surface area contributed by atoms with Crippen LogP contribution in [0.4, 0.5) is 4.39 Å². The van der Waals surface area contributed by atoms with E-state index in [-0.39, 0.29) is 11.3 Å². The van der Waals surface area contributed by atoms with Gasteiger partial charge in [0, 0.05) is 6.07 Å². The molecule has 0 radical (unpaired) electrons. The van der Waals surface area contributed by atoms with Crippen molar-refractivity contribution in [2.75, 3.05) is 21.2 Å². The molecule has 0 atom stereocenters. The SMILES string of the molecule is COc1ccc(C(=O)C2(N(C)C)CCCC2)c(F)c1. The lowest BCUT2D eigenvalue weighted by Gasteiger charge is -2.34. The van der Waals surface area contributed by atoms with Gasteiger partial charge in [0.25, 0.3) is 0 Å². The average Bonchev–Trinajstić information content (AvgIpc) is 2.88. The van der Waals surface area contributed by atoms with Crippen LogP contribution in [-0.2, 0) is 0 Å². The highest BCUT2D eigenvalue weighted by Crippen LogP contribution is 2.37. The zero-order chi connectivity index (χ0) is 14.0. The van der Waals surface area contributed by atoms with Crippen molar-refractivity contribution >= 4 is 5.78 Å². The Balaban J connectivity index is 2.38. The number of nitrogens with zero attached hydrogens (tertiary/aromatic N) is 1. The van der Waals surface area contributed by atoms with E-state index >= 15 is 0 Å². The second-order valence-electron chi connectivity index (χ2n) is 5.31. The van der Waals surface area contributed by atoms with Crippen LogP contribution in [0.2, 0.25) is 0 Å². The summed E-state index contributed by atoms with van der Waals surface area (Å²) in [6.45, 7) is 0. The summed E-state index contributed by atoms with van der Waals surface area (Å²) >= 11 is 0. The van der Waals surface area contributed by atoms with Gasteiger partial charge < -0.3 is 4.74 Å². The second-order valence-corrected chi connectivity index (χ2v) is 5.31. The number of hydrogen-bond donors (Lipinski definition) is 0. The molecule has 3 nitrogen and oxygen atoms in total.